The van der Waals surface area contributed by atoms with Gasteiger partial charge < -0.3 is 5.32 Å². The summed E-state index contributed by atoms with van der Waals surface area (Å²) in [5.74, 6) is 0.0273. The number of nitrogens with zero attached hydrogens (tertiary/aromatic N) is 3. The van der Waals surface area contributed by atoms with Gasteiger partial charge in [0.05, 0.1) is 5.69 Å². The summed E-state index contributed by atoms with van der Waals surface area (Å²) < 4.78 is 26.6. The maximum absolute atomic E-state index is 12.5. The van der Waals surface area contributed by atoms with E-state index < -0.39 is 12.3 Å². The van der Waals surface area contributed by atoms with Crippen LogP contribution in [0.4, 0.5) is 14.6 Å². The number of H-pyrrole nitrogens is 1. The highest BCUT2D eigenvalue weighted by atomic mass is 19.3. The molecule has 0 aliphatic rings. The first kappa shape index (κ1) is 15.1. The SMILES string of the molecule is CCc1nn(C)c(NC(=O)c2cc(C(F)F)[nH]n2)c1CC. The Balaban J connectivity index is 2.24. The van der Waals surface area contributed by atoms with Gasteiger partial charge in [-0.2, -0.15) is 10.2 Å². The zero-order valence-corrected chi connectivity index (χ0v) is 12.1. The molecule has 0 fully saturated rings. The average molecular weight is 297 g/mol. The lowest BCUT2D eigenvalue weighted by molar-refractivity contribution is 0.102. The van der Waals surface area contributed by atoms with Crippen molar-refractivity contribution in [3.8, 4) is 0 Å². The third kappa shape index (κ3) is 2.93. The highest BCUT2D eigenvalue weighted by molar-refractivity contribution is 6.02. The summed E-state index contributed by atoms with van der Waals surface area (Å²) in [7, 11) is 1.73. The number of alkyl halides is 2. The molecule has 21 heavy (non-hydrogen) atoms. The van der Waals surface area contributed by atoms with E-state index >= 15 is 0 Å². The van der Waals surface area contributed by atoms with Crippen LogP contribution >= 0.6 is 0 Å². The van der Waals surface area contributed by atoms with Crippen molar-refractivity contribution in [1.82, 2.24) is 20.0 Å². The molecule has 0 spiro atoms. The predicted molar refractivity (Wildman–Crippen MR) is 73.5 cm³/mol. The number of hydrogen-bond acceptors (Lipinski definition) is 3. The molecule has 0 saturated carbocycles. The van der Waals surface area contributed by atoms with Crippen LogP contribution < -0.4 is 5.32 Å². The van der Waals surface area contributed by atoms with Crippen molar-refractivity contribution in [2.75, 3.05) is 5.32 Å². The van der Waals surface area contributed by atoms with Crippen LogP contribution in [0.15, 0.2) is 6.07 Å². The first-order valence-electron chi connectivity index (χ1n) is 6.67. The van der Waals surface area contributed by atoms with E-state index in [1.165, 1.54) is 0 Å². The number of nitrogens with one attached hydrogen (secondary N) is 2. The first-order chi connectivity index (χ1) is 9.97. The molecule has 0 aromatic carbocycles. The minimum atomic E-state index is -2.69. The molecular weight excluding hydrogens is 280 g/mol. The van der Waals surface area contributed by atoms with Crippen molar-refractivity contribution in [2.24, 2.45) is 7.05 Å². The standard InChI is InChI=1S/C13H17F2N5O/c1-4-7-8(5-2)19-20(3)12(7)16-13(21)10-6-9(11(14)15)17-18-10/h6,11H,4-5H2,1-3H3,(H,16,21)(H,17,18). The molecule has 2 aromatic rings. The number of hydrogen-bond donors (Lipinski definition) is 2. The van der Waals surface area contributed by atoms with E-state index in [9.17, 15) is 13.6 Å². The summed E-state index contributed by atoms with van der Waals surface area (Å²) in [5.41, 5.74) is 1.39. The number of aromatic amines is 1. The number of carbonyl (C=O) groups excluding carboxylic acids is 1. The second-order valence-corrected chi connectivity index (χ2v) is 4.57. The van der Waals surface area contributed by atoms with Crippen LogP contribution in [0.3, 0.4) is 0 Å². The van der Waals surface area contributed by atoms with E-state index in [1.54, 1.807) is 11.7 Å². The number of aromatic nitrogens is 4. The van der Waals surface area contributed by atoms with Gasteiger partial charge in [0.25, 0.3) is 12.3 Å². The van der Waals surface area contributed by atoms with Crippen LogP contribution in [0.5, 0.6) is 0 Å². The van der Waals surface area contributed by atoms with Crippen molar-refractivity contribution in [3.05, 3.63) is 28.7 Å². The normalized spacial score (nSPS) is 11.1. The molecule has 0 aliphatic heterocycles. The van der Waals surface area contributed by atoms with E-state index in [0.29, 0.717) is 5.82 Å². The first-order valence-corrected chi connectivity index (χ1v) is 6.67. The summed E-state index contributed by atoms with van der Waals surface area (Å²) in [5, 5.41) is 12.8. The lowest BCUT2D eigenvalue weighted by atomic mass is 10.1. The van der Waals surface area contributed by atoms with Gasteiger partial charge in [0, 0.05) is 12.6 Å². The molecule has 0 aliphatic carbocycles. The average Bonchev–Trinajstić information content (AvgIpc) is 3.04. The Morgan fingerprint density at radius 3 is 2.67 bits per heavy atom. The van der Waals surface area contributed by atoms with Gasteiger partial charge in [0.2, 0.25) is 0 Å². The molecule has 2 rings (SSSR count). The fourth-order valence-corrected chi connectivity index (χ4v) is 2.17. The van der Waals surface area contributed by atoms with Gasteiger partial charge in [-0.25, -0.2) is 8.78 Å². The van der Waals surface area contributed by atoms with Gasteiger partial charge in [-0.3, -0.25) is 14.6 Å². The smallest absolute Gasteiger partial charge is 0.279 e. The van der Waals surface area contributed by atoms with Crippen LogP contribution in [-0.4, -0.2) is 25.9 Å². The summed E-state index contributed by atoms with van der Waals surface area (Å²) in [6, 6.07) is 1.04. The second-order valence-electron chi connectivity index (χ2n) is 4.57. The maximum Gasteiger partial charge on any atom is 0.279 e. The Morgan fingerprint density at radius 1 is 1.43 bits per heavy atom. The Hall–Kier alpha value is -2.25. The predicted octanol–water partition coefficient (Wildman–Crippen LogP) is 2.46. The molecule has 0 unspecified atom stereocenters. The van der Waals surface area contributed by atoms with Crippen LogP contribution in [0.1, 0.15) is 47.7 Å². The Labute approximate surface area is 120 Å². The third-order valence-electron chi connectivity index (χ3n) is 3.21. The summed E-state index contributed by atoms with van der Waals surface area (Å²) in [4.78, 5) is 12.1. The van der Waals surface area contributed by atoms with E-state index in [-0.39, 0.29) is 11.4 Å². The van der Waals surface area contributed by atoms with Crippen molar-refractivity contribution in [3.63, 3.8) is 0 Å². The molecule has 2 heterocycles. The minimum absolute atomic E-state index is 0.0772. The Bertz CT molecular complexity index is 647. The number of aryl methyl sites for hydroxylation is 2. The zero-order chi connectivity index (χ0) is 15.6. The fraction of sp³-hybridized carbons (Fsp3) is 0.462. The summed E-state index contributed by atoms with van der Waals surface area (Å²) in [6.45, 7) is 3.95. The van der Waals surface area contributed by atoms with Crippen LogP contribution in [-0.2, 0) is 19.9 Å². The van der Waals surface area contributed by atoms with Crippen molar-refractivity contribution in [1.29, 1.82) is 0 Å². The molecule has 0 radical (unpaired) electrons. The zero-order valence-electron chi connectivity index (χ0n) is 12.1. The lowest BCUT2D eigenvalue weighted by Gasteiger charge is -2.06. The molecule has 8 heteroatoms. The molecule has 0 atom stereocenters. The monoisotopic (exact) mass is 297 g/mol. The van der Waals surface area contributed by atoms with Crippen LogP contribution in [0, 0.1) is 0 Å². The summed E-state index contributed by atoms with van der Waals surface area (Å²) >= 11 is 0. The van der Waals surface area contributed by atoms with Gasteiger partial charge in [-0.1, -0.05) is 13.8 Å². The van der Waals surface area contributed by atoms with Gasteiger partial charge in [0.1, 0.15) is 11.5 Å². The number of carbonyl (C=O) groups is 1. The largest absolute Gasteiger partial charge is 0.305 e. The van der Waals surface area contributed by atoms with Crippen LogP contribution in [0.2, 0.25) is 0 Å². The van der Waals surface area contributed by atoms with E-state index in [2.05, 4.69) is 20.6 Å². The van der Waals surface area contributed by atoms with E-state index in [4.69, 9.17) is 0 Å². The van der Waals surface area contributed by atoms with Crippen LogP contribution in [0.25, 0.3) is 0 Å². The molecule has 0 saturated heterocycles. The molecule has 0 bridgehead atoms. The highest BCUT2D eigenvalue weighted by Gasteiger charge is 2.19. The maximum atomic E-state index is 12.5. The number of rotatable bonds is 5. The van der Waals surface area contributed by atoms with Crippen molar-refractivity contribution in [2.45, 2.75) is 33.1 Å². The number of halogens is 2. The van der Waals surface area contributed by atoms with Gasteiger partial charge in [0.15, 0.2) is 5.69 Å². The van der Waals surface area contributed by atoms with Crippen molar-refractivity contribution >= 4 is 11.7 Å². The molecule has 6 nitrogen and oxygen atoms in total. The topological polar surface area (TPSA) is 75.6 Å². The molecule has 2 aromatic heterocycles. The van der Waals surface area contributed by atoms with Gasteiger partial charge >= 0.3 is 0 Å². The molecule has 1 amide bonds. The number of amides is 1. The Kier molecular flexibility index (Phi) is 4.35. The number of anilines is 1. The minimum Gasteiger partial charge on any atom is -0.305 e. The van der Waals surface area contributed by atoms with E-state index in [1.807, 2.05) is 13.8 Å². The third-order valence-corrected chi connectivity index (χ3v) is 3.21. The fourth-order valence-electron chi connectivity index (χ4n) is 2.17. The van der Waals surface area contributed by atoms with Crippen molar-refractivity contribution < 1.29 is 13.6 Å². The molecular formula is C13H17F2N5O. The van der Waals surface area contributed by atoms with E-state index in [0.717, 1.165) is 30.2 Å². The highest BCUT2D eigenvalue weighted by Crippen LogP contribution is 2.22. The second kappa shape index (κ2) is 6.02. The van der Waals surface area contributed by atoms with Gasteiger partial charge in [-0.05, 0) is 18.9 Å². The Morgan fingerprint density at radius 2 is 2.14 bits per heavy atom. The molecule has 114 valence electrons. The lowest BCUT2D eigenvalue weighted by Crippen LogP contribution is -2.16. The summed E-state index contributed by atoms with van der Waals surface area (Å²) in [6.07, 6.45) is -1.21. The molecule has 2 N–H and O–H groups in total. The van der Waals surface area contributed by atoms with Gasteiger partial charge in [-0.15, -0.1) is 0 Å². The quantitative estimate of drug-likeness (QED) is 0.890.